The molecule has 0 aromatic heterocycles. The summed E-state index contributed by atoms with van der Waals surface area (Å²) < 4.78 is 38.0. The van der Waals surface area contributed by atoms with Crippen LogP contribution in [0.4, 0.5) is 4.39 Å². The second-order valence-electron chi connectivity index (χ2n) is 5.81. The Hall–Kier alpha value is -1.47. The first kappa shape index (κ1) is 17.6. The zero-order valence-electron chi connectivity index (χ0n) is 12.7. The van der Waals surface area contributed by atoms with Crippen molar-refractivity contribution in [2.45, 2.75) is 32.9 Å². The van der Waals surface area contributed by atoms with Gasteiger partial charge >= 0.3 is 0 Å². The molecule has 1 aromatic rings. The Bertz CT molecular complexity index is 609. The van der Waals surface area contributed by atoms with Crippen LogP contribution < -0.4 is 5.32 Å². The molecule has 0 heterocycles. The Morgan fingerprint density at radius 3 is 2.33 bits per heavy atom. The topological polar surface area (TPSA) is 66.5 Å². The highest BCUT2D eigenvalue weighted by molar-refractivity contribution is 7.88. The fourth-order valence-electron chi connectivity index (χ4n) is 1.87. The SMILES string of the molecule is CC(C)(C)N(CC(=O)NCc1ccccc1F)S(C)(=O)=O. The molecule has 5 nitrogen and oxygen atoms in total. The van der Waals surface area contributed by atoms with Crippen molar-refractivity contribution < 1.29 is 17.6 Å². The van der Waals surface area contributed by atoms with Gasteiger partial charge in [-0.05, 0) is 26.8 Å². The Labute approximate surface area is 125 Å². The van der Waals surface area contributed by atoms with Crippen molar-refractivity contribution in [2.24, 2.45) is 0 Å². The molecule has 0 spiro atoms. The minimum absolute atomic E-state index is 0.0211. The molecule has 7 heteroatoms. The largest absolute Gasteiger partial charge is 0.351 e. The average molecular weight is 316 g/mol. The van der Waals surface area contributed by atoms with Crippen LogP contribution in [-0.2, 0) is 21.4 Å². The van der Waals surface area contributed by atoms with E-state index in [9.17, 15) is 17.6 Å². The highest BCUT2D eigenvalue weighted by Gasteiger charge is 2.31. The summed E-state index contributed by atoms with van der Waals surface area (Å²) >= 11 is 0. The summed E-state index contributed by atoms with van der Waals surface area (Å²) in [6.07, 6.45) is 1.06. The number of nitrogens with one attached hydrogen (secondary N) is 1. The van der Waals surface area contributed by atoms with Gasteiger partial charge in [0.2, 0.25) is 15.9 Å². The van der Waals surface area contributed by atoms with Gasteiger partial charge in [-0.15, -0.1) is 0 Å². The van der Waals surface area contributed by atoms with E-state index in [0.29, 0.717) is 5.56 Å². The van der Waals surface area contributed by atoms with E-state index in [0.717, 1.165) is 10.6 Å². The van der Waals surface area contributed by atoms with Crippen molar-refractivity contribution in [3.8, 4) is 0 Å². The molecule has 1 amide bonds. The van der Waals surface area contributed by atoms with E-state index in [1.165, 1.54) is 6.07 Å². The molecule has 0 saturated heterocycles. The number of sulfonamides is 1. The maximum absolute atomic E-state index is 13.4. The third kappa shape index (κ3) is 5.43. The zero-order valence-corrected chi connectivity index (χ0v) is 13.5. The van der Waals surface area contributed by atoms with Crippen molar-refractivity contribution in [3.63, 3.8) is 0 Å². The Kier molecular flexibility index (Phi) is 5.47. The number of benzene rings is 1. The highest BCUT2D eigenvalue weighted by atomic mass is 32.2. The minimum Gasteiger partial charge on any atom is -0.351 e. The number of halogens is 1. The van der Waals surface area contributed by atoms with Crippen LogP contribution in [-0.4, -0.2) is 37.0 Å². The molecule has 1 aromatic carbocycles. The van der Waals surface area contributed by atoms with E-state index >= 15 is 0 Å². The lowest BCUT2D eigenvalue weighted by atomic mass is 10.1. The minimum atomic E-state index is -3.51. The molecule has 0 unspecified atom stereocenters. The van der Waals surface area contributed by atoms with Crippen molar-refractivity contribution in [1.29, 1.82) is 0 Å². The molecule has 118 valence electrons. The van der Waals surface area contributed by atoms with Gasteiger partial charge < -0.3 is 5.32 Å². The van der Waals surface area contributed by atoms with E-state index in [1.807, 2.05) is 0 Å². The first-order valence-electron chi connectivity index (χ1n) is 6.50. The van der Waals surface area contributed by atoms with Gasteiger partial charge in [-0.3, -0.25) is 4.79 Å². The van der Waals surface area contributed by atoms with Gasteiger partial charge in [0.15, 0.2) is 0 Å². The van der Waals surface area contributed by atoms with E-state index < -0.39 is 27.3 Å². The van der Waals surface area contributed by atoms with Gasteiger partial charge in [0.1, 0.15) is 5.82 Å². The molecular formula is C14H21FN2O3S. The summed E-state index contributed by atoms with van der Waals surface area (Å²) in [5.41, 5.74) is -0.351. The smallest absolute Gasteiger partial charge is 0.235 e. The van der Waals surface area contributed by atoms with Gasteiger partial charge in [-0.2, -0.15) is 4.31 Å². The van der Waals surface area contributed by atoms with Gasteiger partial charge in [-0.25, -0.2) is 12.8 Å². The number of hydrogen-bond acceptors (Lipinski definition) is 3. The summed E-state index contributed by atoms with van der Waals surface area (Å²) in [6, 6.07) is 6.10. The molecule has 0 aliphatic rings. The lowest BCUT2D eigenvalue weighted by Crippen LogP contribution is -2.49. The van der Waals surface area contributed by atoms with E-state index in [1.54, 1.807) is 39.0 Å². The number of amides is 1. The van der Waals surface area contributed by atoms with Crippen LogP contribution in [0.25, 0.3) is 0 Å². The molecule has 0 aliphatic carbocycles. The van der Waals surface area contributed by atoms with Crippen molar-refractivity contribution >= 4 is 15.9 Å². The maximum Gasteiger partial charge on any atom is 0.235 e. The lowest BCUT2D eigenvalue weighted by Gasteiger charge is -2.32. The Balaban J connectivity index is 2.70. The lowest BCUT2D eigenvalue weighted by molar-refractivity contribution is -0.122. The quantitative estimate of drug-likeness (QED) is 0.895. The molecule has 0 saturated carbocycles. The predicted octanol–water partition coefficient (Wildman–Crippen LogP) is 1.50. The Morgan fingerprint density at radius 1 is 1.29 bits per heavy atom. The maximum atomic E-state index is 13.4. The molecule has 21 heavy (non-hydrogen) atoms. The van der Waals surface area contributed by atoms with Crippen LogP contribution in [0.3, 0.4) is 0 Å². The molecular weight excluding hydrogens is 295 g/mol. The van der Waals surface area contributed by atoms with Gasteiger partial charge in [-0.1, -0.05) is 18.2 Å². The van der Waals surface area contributed by atoms with Crippen molar-refractivity contribution in [2.75, 3.05) is 12.8 Å². The third-order valence-corrected chi connectivity index (χ3v) is 4.35. The molecule has 1 rings (SSSR count). The summed E-state index contributed by atoms with van der Waals surface area (Å²) in [7, 11) is -3.51. The average Bonchev–Trinajstić information content (AvgIpc) is 2.32. The summed E-state index contributed by atoms with van der Waals surface area (Å²) in [5.74, 6) is -0.882. The van der Waals surface area contributed by atoms with E-state index in [2.05, 4.69) is 5.32 Å². The fraction of sp³-hybridized carbons (Fsp3) is 0.500. The Morgan fingerprint density at radius 2 is 1.86 bits per heavy atom. The van der Waals surface area contributed by atoms with Gasteiger partial charge in [0.05, 0.1) is 12.8 Å². The predicted molar refractivity (Wildman–Crippen MR) is 79.5 cm³/mol. The molecule has 0 fully saturated rings. The van der Waals surface area contributed by atoms with Crippen molar-refractivity contribution in [3.05, 3.63) is 35.6 Å². The van der Waals surface area contributed by atoms with Gasteiger partial charge in [0.25, 0.3) is 0 Å². The molecule has 0 aliphatic heterocycles. The summed E-state index contributed by atoms with van der Waals surface area (Å²) in [6.45, 7) is 4.85. The molecule has 0 radical (unpaired) electrons. The number of carbonyl (C=O) groups excluding carboxylic acids is 1. The summed E-state index contributed by atoms with van der Waals surface area (Å²) in [5, 5.41) is 2.53. The van der Waals surface area contributed by atoms with Crippen LogP contribution in [0.2, 0.25) is 0 Å². The number of rotatable bonds is 5. The van der Waals surface area contributed by atoms with Gasteiger partial charge in [0, 0.05) is 17.6 Å². The van der Waals surface area contributed by atoms with Crippen LogP contribution >= 0.6 is 0 Å². The monoisotopic (exact) mass is 316 g/mol. The highest BCUT2D eigenvalue weighted by Crippen LogP contribution is 2.16. The van der Waals surface area contributed by atoms with Crippen LogP contribution in [0, 0.1) is 5.82 Å². The van der Waals surface area contributed by atoms with E-state index in [-0.39, 0.29) is 13.1 Å². The first-order chi connectivity index (χ1) is 9.51. The second-order valence-corrected chi connectivity index (χ2v) is 7.72. The normalized spacial score (nSPS) is 12.5. The van der Waals surface area contributed by atoms with Crippen LogP contribution in [0.5, 0.6) is 0 Å². The van der Waals surface area contributed by atoms with Crippen LogP contribution in [0.1, 0.15) is 26.3 Å². The number of hydrogen-bond donors (Lipinski definition) is 1. The third-order valence-electron chi connectivity index (χ3n) is 2.87. The zero-order chi connectivity index (χ0) is 16.3. The molecule has 0 bridgehead atoms. The fourth-order valence-corrected chi connectivity index (χ4v) is 3.22. The van der Waals surface area contributed by atoms with E-state index in [4.69, 9.17) is 0 Å². The number of carbonyl (C=O) groups is 1. The van der Waals surface area contributed by atoms with Crippen LogP contribution in [0.15, 0.2) is 24.3 Å². The van der Waals surface area contributed by atoms with Crippen molar-refractivity contribution in [1.82, 2.24) is 9.62 Å². The second kappa shape index (κ2) is 6.53. The standard InChI is InChI=1S/C14H21FN2O3S/c1-14(2,3)17(21(4,19)20)10-13(18)16-9-11-7-5-6-8-12(11)15/h5-8H,9-10H2,1-4H3,(H,16,18). The summed E-state index contributed by atoms with van der Waals surface area (Å²) in [4.78, 5) is 11.9. The molecule has 0 atom stereocenters. The first-order valence-corrected chi connectivity index (χ1v) is 8.34. The molecule has 1 N–H and O–H groups in total. The number of nitrogens with zero attached hydrogens (tertiary/aromatic N) is 1.